The number of ether oxygens (including phenoxy) is 1. The lowest BCUT2D eigenvalue weighted by Crippen LogP contribution is -2.14. The molecule has 0 spiro atoms. The Morgan fingerprint density at radius 1 is 1.19 bits per heavy atom. The van der Waals surface area contributed by atoms with Gasteiger partial charge in [-0.25, -0.2) is 4.98 Å². The Hall–Kier alpha value is -2.66. The monoisotopic (exact) mass is 380 g/mol. The summed E-state index contributed by atoms with van der Waals surface area (Å²) in [4.78, 5) is 16.9. The number of nitrogens with zero attached hydrogens (tertiary/aromatic N) is 1. The molecule has 0 aliphatic carbocycles. The smallest absolute Gasteiger partial charge is 0.230 e. The van der Waals surface area contributed by atoms with Crippen molar-refractivity contribution in [3.05, 3.63) is 65.0 Å². The summed E-state index contributed by atoms with van der Waals surface area (Å²) in [7, 11) is 1.61. The molecule has 0 fully saturated rings. The molecule has 0 saturated carbocycles. The van der Waals surface area contributed by atoms with E-state index in [1.807, 2.05) is 29.6 Å². The van der Waals surface area contributed by atoms with Crippen LogP contribution in [0.1, 0.15) is 37.3 Å². The largest absolute Gasteiger partial charge is 0.496 e. The molecular formula is C22H24N2O2S. The lowest BCUT2D eigenvalue weighted by Gasteiger charge is -2.09. The Morgan fingerprint density at radius 2 is 1.93 bits per heavy atom. The van der Waals surface area contributed by atoms with E-state index in [1.165, 1.54) is 16.9 Å². The maximum atomic E-state index is 12.3. The fourth-order valence-electron chi connectivity index (χ4n) is 2.87. The molecule has 27 heavy (non-hydrogen) atoms. The second-order valence-electron chi connectivity index (χ2n) is 6.51. The van der Waals surface area contributed by atoms with Crippen molar-refractivity contribution in [3.63, 3.8) is 0 Å². The zero-order chi connectivity index (χ0) is 19.2. The van der Waals surface area contributed by atoms with Crippen molar-refractivity contribution in [2.24, 2.45) is 0 Å². The topological polar surface area (TPSA) is 51.2 Å². The van der Waals surface area contributed by atoms with Crippen LogP contribution >= 0.6 is 11.3 Å². The number of methoxy groups -OCH3 is 1. The lowest BCUT2D eigenvalue weighted by molar-refractivity contribution is -0.115. The summed E-state index contributed by atoms with van der Waals surface area (Å²) >= 11 is 1.43. The maximum absolute atomic E-state index is 12.3. The molecule has 0 bridgehead atoms. The summed E-state index contributed by atoms with van der Waals surface area (Å²) in [5, 5.41) is 5.46. The number of carbonyl (C=O) groups excluding carboxylic acids is 1. The average molecular weight is 381 g/mol. The van der Waals surface area contributed by atoms with Gasteiger partial charge in [0.05, 0.1) is 19.2 Å². The van der Waals surface area contributed by atoms with Crippen LogP contribution in [0.4, 0.5) is 5.13 Å². The first-order valence-electron chi connectivity index (χ1n) is 9.08. The normalized spacial score (nSPS) is 11.8. The number of thiazole rings is 1. The van der Waals surface area contributed by atoms with Crippen molar-refractivity contribution in [3.8, 4) is 17.0 Å². The average Bonchev–Trinajstić information content (AvgIpc) is 3.16. The van der Waals surface area contributed by atoms with E-state index in [9.17, 15) is 4.79 Å². The Kier molecular flexibility index (Phi) is 6.24. The number of benzene rings is 2. The molecule has 0 aliphatic rings. The third-order valence-electron chi connectivity index (χ3n) is 4.68. The third kappa shape index (κ3) is 4.74. The molecule has 1 amide bonds. The fourth-order valence-corrected chi connectivity index (χ4v) is 3.60. The second kappa shape index (κ2) is 8.82. The van der Waals surface area contributed by atoms with Gasteiger partial charge >= 0.3 is 0 Å². The molecule has 1 heterocycles. The summed E-state index contributed by atoms with van der Waals surface area (Å²) in [5.41, 5.74) is 4.13. The molecule has 0 radical (unpaired) electrons. The van der Waals surface area contributed by atoms with Crippen LogP contribution in [0.25, 0.3) is 11.3 Å². The molecule has 4 nitrogen and oxygen atoms in total. The van der Waals surface area contributed by atoms with Gasteiger partial charge < -0.3 is 10.1 Å². The molecule has 1 N–H and O–H groups in total. The van der Waals surface area contributed by atoms with Gasteiger partial charge in [-0.15, -0.1) is 11.3 Å². The number of hydrogen-bond acceptors (Lipinski definition) is 4. The molecule has 1 aromatic heterocycles. The van der Waals surface area contributed by atoms with Crippen LogP contribution in [0.2, 0.25) is 0 Å². The van der Waals surface area contributed by atoms with E-state index in [0.29, 0.717) is 16.8 Å². The summed E-state index contributed by atoms with van der Waals surface area (Å²) in [5.74, 6) is 1.17. The van der Waals surface area contributed by atoms with Gasteiger partial charge in [0.2, 0.25) is 5.91 Å². The molecule has 3 aromatic rings. The highest BCUT2D eigenvalue weighted by Gasteiger charge is 2.12. The van der Waals surface area contributed by atoms with E-state index in [2.05, 4.69) is 48.4 Å². The van der Waals surface area contributed by atoms with Crippen LogP contribution < -0.4 is 10.1 Å². The summed E-state index contributed by atoms with van der Waals surface area (Å²) in [6.07, 6.45) is 1.38. The predicted octanol–water partition coefficient (Wildman–Crippen LogP) is 5.51. The number of nitrogens with one attached hydrogen (secondary N) is 1. The van der Waals surface area contributed by atoms with Crippen molar-refractivity contribution < 1.29 is 9.53 Å². The molecule has 0 unspecified atom stereocenters. The first-order valence-corrected chi connectivity index (χ1v) is 9.96. The first-order chi connectivity index (χ1) is 13.1. The Labute approximate surface area is 164 Å². The molecule has 140 valence electrons. The Bertz CT molecular complexity index is 903. The molecule has 3 rings (SSSR count). The van der Waals surface area contributed by atoms with Crippen LogP contribution in [-0.4, -0.2) is 18.0 Å². The number of carbonyl (C=O) groups is 1. The molecule has 0 aliphatic heterocycles. The first kappa shape index (κ1) is 19.1. The molecular weight excluding hydrogens is 356 g/mol. The minimum absolute atomic E-state index is 0.104. The van der Waals surface area contributed by atoms with E-state index in [0.717, 1.165) is 23.2 Å². The van der Waals surface area contributed by atoms with Crippen LogP contribution in [0, 0.1) is 0 Å². The number of aromatic nitrogens is 1. The zero-order valence-electron chi connectivity index (χ0n) is 15.9. The second-order valence-corrected chi connectivity index (χ2v) is 7.36. The van der Waals surface area contributed by atoms with E-state index in [4.69, 9.17) is 4.74 Å². The summed E-state index contributed by atoms with van der Waals surface area (Å²) in [6, 6.07) is 16.0. The van der Waals surface area contributed by atoms with Gasteiger partial charge in [0, 0.05) is 16.5 Å². The molecule has 1 atom stereocenters. The predicted molar refractivity (Wildman–Crippen MR) is 112 cm³/mol. The SMILES string of the molecule is CC[C@@H](C)c1ccc(-c2csc(NC(=O)Cc3ccccc3OC)n2)cc1. The van der Waals surface area contributed by atoms with Gasteiger partial charge in [0.25, 0.3) is 0 Å². The van der Waals surface area contributed by atoms with E-state index < -0.39 is 0 Å². The van der Waals surface area contributed by atoms with Gasteiger partial charge in [0.1, 0.15) is 5.75 Å². The van der Waals surface area contributed by atoms with E-state index in [-0.39, 0.29) is 12.3 Å². The van der Waals surface area contributed by atoms with Gasteiger partial charge in [-0.05, 0) is 24.0 Å². The van der Waals surface area contributed by atoms with Crippen molar-refractivity contribution in [1.29, 1.82) is 0 Å². The van der Waals surface area contributed by atoms with Gasteiger partial charge in [0.15, 0.2) is 5.13 Å². The number of para-hydroxylation sites is 1. The highest BCUT2D eigenvalue weighted by atomic mass is 32.1. The number of hydrogen-bond donors (Lipinski definition) is 1. The molecule has 2 aromatic carbocycles. The van der Waals surface area contributed by atoms with Crippen LogP contribution in [-0.2, 0) is 11.2 Å². The molecule has 5 heteroatoms. The molecule has 0 saturated heterocycles. The van der Waals surface area contributed by atoms with E-state index in [1.54, 1.807) is 7.11 Å². The fraction of sp³-hybridized carbons (Fsp3) is 0.273. The highest BCUT2D eigenvalue weighted by molar-refractivity contribution is 7.14. The number of amides is 1. The number of rotatable bonds is 7. The maximum Gasteiger partial charge on any atom is 0.230 e. The quantitative estimate of drug-likeness (QED) is 0.588. The van der Waals surface area contributed by atoms with Crippen molar-refractivity contribution in [2.75, 3.05) is 12.4 Å². The van der Waals surface area contributed by atoms with Gasteiger partial charge in [-0.2, -0.15) is 0 Å². The van der Waals surface area contributed by atoms with Crippen molar-refractivity contribution in [2.45, 2.75) is 32.6 Å². The van der Waals surface area contributed by atoms with Crippen LogP contribution in [0.3, 0.4) is 0 Å². The zero-order valence-corrected chi connectivity index (χ0v) is 16.7. The summed E-state index contributed by atoms with van der Waals surface area (Å²) < 4.78 is 5.30. The highest BCUT2D eigenvalue weighted by Crippen LogP contribution is 2.27. The van der Waals surface area contributed by atoms with Crippen LogP contribution in [0.15, 0.2) is 53.9 Å². The van der Waals surface area contributed by atoms with E-state index >= 15 is 0 Å². The third-order valence-corrected chi connectivity index (χ3v) is 5.44. The van der Waals surface area contributed by atoms with Crippen LogP contribution in [0.5, 0.6) is 5.75 Å². The Morgan fingerprint density at radius 3 is 2.63 bits per heavy atom. The lowest BCUT2D eigenvalue weighted by atomic mass is 9.97. The number of anilines is 1. The van der Waals surface area contributed by atoms with Gasteiger partial charge in [-0.1, -0.05) is 56.3 Å². The standard InChI is InChI=1S/C22H24N2O2S/c1-4-15(2)16-9-11-17(12-10-16)19-14-27-22(23-19)24-21(25)13-18-7-5-6-8-20(18)26-3/h5-12,14-15H,4,13H2,1-3H3,(H,23,24,25)/t15-/m1/s1. The van der Waals surface area contributed by atoms with Crippen molar-refractivity contribution >= 4 is 22.4 Å². The Balaban J connectivity index is 1.66. The van der Waals surface area contributed by atoms with Crippen molar-refractivity contribution in [1.82, 2.24) is 4.98 Å². The minimum Gasteiger partial charge on any atom is -0.496 e. The summed E-state index contributed by atoms with van der Waals surface area (Å²) in [6.45, 7) is 4.42. The minimum atomic E-state index is -0.104. The van der Waals surface area contributed by atoms with Gasteiger partial charge in [-0.3, -0.25) is 4.79 Å².